The molecule has 4 nitrogen and oxygen atoms in total. The molecule has 1 aliphatic carbocycles. The van der Waals surface area contributed by atoms with E-state index in [4.69, 9.17) is 4.74 Å². The summed E-state index contributed by atoms with van der Waals surface area (Å²) >= 11 is 0. The van der Waals surface area contributed by atoms with Gasteiger partial charge in [0.1, 0.15) is 11.4 Å². The first kappa shape index (κ1) is 16.5. The van der Waals surface area contributed by atoms with Crippen LogP contribution in [-0.4, -0.2) is 24.7 Å². The van der Waals surface area contributed by atoms with Crippen molar-refractivity contribution in [2.24, 2.45) is 0 Å². The SMILES string of the molecule is COc1ccccc1CC(=O)NC[C@@]1(O)CCCc2ccccc21. The number of nitrogens with one attached hydrogen (secondary N) is 1. The van der Waals surface area contributed by atoms with Crippen molar-refractivity contribution in [3.63, 3.8) is 0 Å². The number of aryl methyl sites for hydroxylation is 1. The van der Waals surface area contributed by atoms with Crippen LogP contribution in [0.25, 0.3) is 0 Å². The van der Waals surface area contributed by atoms with Gasteiger partial charge in [-0.2, -0.15) is 0 Å². The third-order valence-corrected chi connectivity index (χ3v) is 4.68. The predicted octanol–water partition coefficient (Wildman–Crippen LogP) is 2.58. The van der Waals surface area contributed by atoms with Gasteiger partial charge in [0.2, 0.25) is 5.91 Å². The normalized spacial score (nSPS) is 19.4. The Morgan fingerprint density at radius 1 is 1.21 bits per heavy atom. The molecule has 0 spiro atoms. The maximum absolute atomic E-state index is 12.3. The molecule has 0 fully saturated rings. The maximum Gasteiger partial charge on any atom is 0.224 e. The van der Waals surface area contributed by atoms with Gasteiger partial charge in [-0.15, -0.1) is 0 Å². The van der Waals surface area contributed by atoms with E-state index in [1.165, 1.54) is 5.56 Å². The number of benzene rings is 2. The molecule has 3 rings (SSSR count). The number of ether oxygens (including phenoxy) is 1. The van der Waals surface area contributed by atoms with E-state index >= 15 is 0 Å². The van der Waals surface area contributed by atoms with Gasteiger partial charge in [0, 0.05) is 5.56 Å². The van der Waals surface area contributed by atoms with Crippen LogP contribution >= 0.6 is 0 Å². The van der Waals surface area contributed by atoms with Crippen LogP contribution in [0.4, 0.5) is 0 Å². The van der Waals surface area contributed by atoms with Crippen LogP contribution in [0, 0.1) is 0 Å². The Morgan fingerprint density at radius 3 is 2.79 bits per heavy atom. The van der Waals surface area contributed by atoms with Gasteiger partial charge < -0.3 is 15.2 Å². The Hall–Kier alpha value is -2.33. The number of hydrogen-bond acceptors (Lipinski definition) is 3. The highest BCUT2D eigenvalue weighted by Gasteiger charge is 2.34. The number of para-hydroxylation sites is 1. The minimum absolute atomic E-state index is 0.115. The Morgan fingerprint density at radius 2 is 1.96 bits per heavy atom. The molecule has 1 aliphatic rings. The fourth-order valence-electron chi connectivity index (χ4n) is 3.41. The van der Waals surface area contributed by atoms with Crippen LogP contribution in [0.2, 0.25) is 0 Å². The average molecular weight is 325 g/mol. The molecular formula is C20H23NO3. The molecule has 0 heterocycles. The fraction of sp³-hybridized carbons (Fsp3) is 0.350. The zero-order valence-corrected chi connectivity index (χ0v) is 13.9. The van der Waals surface area contributed by atoms with E-state index in [0.717, 1.165) is 24.0 Å². The summed E-state index contributed by atoms with van der Waals surface area (Å²) in [6.45, 7) is 0.234. The summed E-state index contributed by atoms with van der Waals surface area (Å²) in [5.41, 5.74) is 1.97. The zero-order valence-electron chi connectivity index (χ0n) is 13.9. The van der Waals surface area contributed by atoms with Crippen LogP contribution in [0.1, 0.15) is 29.5 Å². The highest BCUT2D eigenvalue weighted by atomic mass is 16.5. The van der Waals surface area contributed by atoms with Crippen molar-refractivity contribution >= 4 is 5.91 Å². The van der Waals surface area contributed by atoms with Crippen LogP contribution in [0.3, 0.4) is 0 Å². The van der Waals surface area contributed by atoms with Gasteiger partial charge in [-0.25, -0.2) is 0 Å². The molecule has 24 heavy (non-hydrogen) atoms. The van der Waals surface area contributed by atoms with E-state index < -0.39 is 5.60 Å². The molecule has 0 bridgehead atoms. The van der Waals surface area contributed by atoms with Crippen molar-refractivity contribution in [1.29, 1.82) is 0 Å². The third-order valence-electron chi connectivity index (χ3n) is 4.68. The first-order chi connectivity index (χ1) is 11.6. The standard InChI is InChI=1S/C20H23NO3/c1-24-18-11-5-3-8-16(18)13-19(22)21-14-20(23)12-6-9-15-7-2-4-10-17(15)20/h2-5,7-8,10-11,23H,6,9,12-14H2,1H3,(H,21,22)/t20-/m0/s1. The van der Waals surface area contributed by atoms with E-state index in [0.29, 0.717) is 12.2 Å². The van der Waals surface area contributed by atoms with Crippen LogP contribution in [-0.2, 0) is 23.2 Å². The Balaban J connectivity index is 1.66. The van der Waals surface area contributed by atoms with E-state index in [-0.39, 0.29) is 18.9 Å². The molecule has 2 aromatic carbocycles. The number of rotatable bonds is 5. The monoisotopic (exact) mass is 325 g/mol. The van der Waals surface area contributed by atoms with Gasteiger partial charge in [-0.05, 0) is 36.5 Å². The minimum atomic E-state index is -0.981. The third kappa shape index (κ3) is 3.44. The number of carbonyl (C=O) groups is 1. The number of amides is 1. The summed E-state index contributed by atoms with van der Waals surface area (Å²) in [7, 11) is 1.60. The number of hydrogen-bond donors (Lipinski definition) is 2. The molecular weight excluding hydrogens is 302 g/mol. The first-order valence-electron chi connectivity index (χ1n) is 8.32. The molecule has 1 amide bonds. The second-order valence-corrected chi connectivity index (χ2v) is 6.31. The minimum Gasteiger partial charge on any atom is -0.496 e. The first-order valence-corrected chi connectivity index (χ1v) is 8.32. The Kier molecular flexibility index (Phi) is 4.86. The number of fused-ring (bicyclic) bond motifs is 1. The van der Waals surface area contributed by atoms with E-state index in [1.54, 1.807) is 7.11 Å². The number of methoxy groups -OCH3 is 1. The number of carbonyl (C=O) groups excluding carboxylic acids is 1. The van der Waals surface area contributed by atoms with Gasteiger partial charge in [0.05, 0.1) is 20.1 Å². The molecule has 0 aromatic heterocycles. The molecule has 0 aliphatic heterocycles. The van der Waals surface area contributed by atoms with Gasteiger partial charge in [-0.1, -0.05) is 42.5 Å². The highest BCUT2D eigenvalue weighted by Crippen LogP contribution is 2.34. The maximum atomic E-state index is 12.3. The molecule has 2 aromatic rings. The lowest BCUT2D eigenvalue weighted by Crippen LogP contribution is -2.43. The van der Waals surface area contributed by atoms with Gasteiger partial charge >= 0.3 is 0 Å². The van der Waals surface area contributed by atoms with Crippen LogP contribution < -0.4 is 10.1 Å². The lowest BCUT2D eigenvalue weighted by Gasteiger charge is -2.34. The van der Waals surface area contributed by atoms with Crippen LogP contribution in [0.5, 0.6) is 5.75 Å². The van der Waals surface area contributed by atoms with Gasteiger partial charge in [0.25, 0.3) is 0 Å². The van der Waals surface area contributed by atoms with Crippen molar-refractivity contribution in [2.75, 3.05) is 13.7 Å². The Labute approximate surface area is 142 Å². The quantitative estimate of drug-likeness (QED) is 0.888. The highest BCUT2D eigenvalue weighted by molar-refractivity contribution is 5.79. The van der Waals surface area contributed by atoms with Crippen LogP contribution in [0.15, 0.2) is 48.5 Å². The zero-order chi connectivity index (χ0) is 17.0. The Bertz CT molecular complexity index is 728. The summed E-state index contributed by atoms with van der Waals surface area (Å²) in [4.78, 5) is 12.3. The lowest BCUT2D eigenvalue weighted by molar-refractivity contribution is -0.122. The number of aliphatic hydroxyl groups is 1. The van der Waals surface area contributed by atoms with E-state index in [9.17, 15) is 9.90 Å². The molecule has 0 saturated heterocycles. The summed E-state index contributed by atoms with van der Waals surface area (Å²) in [5, 5.41) is 13.9. The van der Waals surface area contributed by atoms with Gasteiger partial charge in [0.15, 0.2) is 0 Å². The molecule has 126 valence electrons. The predicted molar refractivity (Wildman–Crippen MR) is 93.0 cm³/mol. The molecule has 2 N–H and O–H groups in total. The lowest BCUT2D eigenvalue weighted by atomic mass is 9.79. The molecule has 0 unspecified atom stereocenters. The summed E-state index contributed by atoms with van der Waals surface area (Å²) in [6, 6.07) is 15.4. The summed E-state index contributed by atoms with van der Waals surface area (Å²) in [6.07, 6.45) is 2.81. The summed E-state index contributed by atoms with van der Waals surface area (Å²) < 4.78 is 5.28. The second-order valence-electron chi connectivity index (χ2n) is 6.31. The molecule has 1 atom stereocenters. The molecule has 0 saturated carbocycles. The topological polar surface area (TPSA) is 58.6 Å². The average Bonchev–Trinajstić information content (AvgIpc) is 2.61. The smallest absolute Gasteiger partial charge is 0.224 e. The molecule has 4 heteroatoms. The van der Waals surface area contributed by atoms with Crippen molar-refractivity contribution in [1.82, 2.24) is 5.32 Å². The molecule has 0 radical (unpaired) electrons. The van der Waals surface area contributed by atoms with E-state index in [1.807, 2.05) is 42.5 Å². The van der Waals surface area contributed by atoms with Crippen molar-refractivity contribution in [2.45, 2.75) is 31.3 Å². The summed E-state index contributed by atoms with van der Waals surface area (Å²) in [5.74, 6) is 0.588. The van der Waals surface area contributed by atoms with Gasteiger partial charge in [-0.3, -0.25) is 4.79 Å². The van der Waals surface area contributed by atoms with Crippen molar-refractivity contribution < 1.29 is 14.6 Å². The second kappa shape index (κ2) is 7.05. The van der Waals surface area contributed by atoms with E-state index in [2.05, 4.69) is 11.4 Å². The van der Waals surface area contributed by atoms with Crippen molar-refractivity contribution in [3.05, 3.63) is 65.2 Å². The van der Waals surface area contributed by atoms with Crippen molar-refractivity contribution in [3.8, 4) is 5.75 Å². The fourth-order valence-corrected chi connectivity index (χ4v) is 3.41. The largest absolute Gasteiger partial charge is 0.496 e.